The molecule has 3 nitrogen and oxygen atoms in total. The fourth-order valence-electron chi connectivity index (χ4n) is 1.97. The number of hydrogen-bond acceptors (Lipinski definition) is 3. The molecule has 19 heavy (non-hydrogen) atoms. The highest BCUT2D eigenvalue weighted by Gasteiger charge is 2.19. The van der Waals surface area contributed by atoms with Gasteiger partial charge in [-0.1, -0.05) is 30.1 Å². The van der Waals surface area contributed by atoms with Crippen LogP contribution in [-0.2, 0) is 19.9 Å². The van der Waals surface area contributed by atoms with Gasteiger partial charge in [-0.05, 0) is 28.4 Å². The molecule has 2 aromatic rings. The highest BCUT2D eigenvalue weighted by atomic mass is 79.9. The molecule has 0 spiro atoms. The van der Waals surface area contributed by atoms with Gasteiger partial charge < -0.3 is 5.73 Å². The van der Waals surface area contributed by atoms with E-state index in [2.05, 4.69) is 28.0 Å². The highest BCUT2D eigenvalue weighted by Crippen LogP contribution is 2.36. The number of halogens is 3. The van der Waals surface area contributed by atoms with E-state index in [1.165, 1.54) is 11.3 Å². The van der Waals surface area contributed by atoms with Crippen LogP contribution in [0.3, 0.4) is 0 Å². The fraction of sp³-hybridized carbons (Fsp3) is 0.417. The molecule has 0 radical (unpaired) electrons. The van der Waals surface area contributed by atoms with Gasteiger partial charge in [-0.2, -0.15) is 5.10 Å². The number of nitrogens with zero attached hydrogens (tertiary/aromatic N) is 2. The molecule has 2 N–H and O–H groups in total. The molecule has 2 rings (SSSR count). The summed E-state index contributed by atoms with van der Waals surface area (Å²) < 4.78 is 4.22. The fourth-order valence-corrected chi connectivity index (χ4v) is 4.34. The summed E-state index contributed by atoms with van der Waals surface area (Å²) in [6.07, 6.45) is 1.55. The average molecular weight is 383 g/mol. The Morgan fingerprint density at radius 2 is 2.21 bits per heavy atom. The molecular weight excluding hydrogens is 369 g/mol. The van der Waals surface area contributed by atoms with Crippen LogP contribution in [0.5, 0.6) is 0 Å². The third-order valence-corrected chi connectivity index (χ3v) is 5.43. The smallest absolute Gasteiger partial charge is 0.0992 e. The summed E-state index contributed by atoms with van der Waals surface area (Å²) in [5.41, 5.74) is 9.24. The van der Waals surface area contributed by atoms with Crippen LogP contribution in [0, 0.1) is 0 Å². The Morgan fingerprint density at radius 3 is 2.68 bits per heavy atom. The zero-order valence-corrected chi connectivity index (χ0v) is 14.5. The molecule has 0 amide bonds. The van der Waals surface area contributed by atoms with Gasteiger partial charge in [0.2, 0.25) is 0 Å². The van der Waals surface area contributed by atoms with E-state index in [-0.39, 0.29) is 6.04 Å². The van der Waals surface area contributed by atoms with Crippen LogP contribution in [0.25, 0.3) is 0 Å². The van der Waals surface area contributed by atoms with Crippen molar-refractivity contribution >= 4 is 50.5 Å². The number of hydrogen-bond donors (Lipinski definition) is 1. The first-order valence-corrected chi connectivity index (χ1v) is 8.21. The number of nitrogens with two attached hydrogens (primary N) is 1. The number of rotatable bonds is 4. The van der Waals surface area contributed by atoms with Gasteiger partial charge in [0, 0.05) is 25.1 Å². The minimum absolute atomic E-state index is 0.187. The second-order valence-electron chi connectivity index (χ2n) is 4.27. The lowest BCUT2D eigenvalue weighted by molar-refractivity contribution is 0.638. The van der Waals surface area contributed by atoms with Crippen LogP contribution in [0.15, 0.2) is 10.5 Å². The van der Waals surface area contributed by atoms with Gasteiger partial charge in [0.05, 0.1) is 24.5 Å². The maximum atomic E-state index is 6.23. The molecule has 7 heteroatoms. The van der Waals surface area contributed by atoms with Crippen molar-refractivity contribution < 1.29 is 0 Å². The molecule has 104 valence electrons. The average Bonchev–Trinajstić information content (AvgIpc) is 2.82. The first-order valence-electron chi connectivity index (χ1n) is 5.84. The quantitative estimate of drug-likeness (QED) is 0.853. The van der Waals surface area contributed by atoms with Crippen molar-refractivity contribution in [2.75, 3.05) is 0 Å². The topological polar surface area (TPSA) is 43.8 Å². The minimum Gasteiger partial charge on any atom is -0.324 e. The van der Waals surface area contributed by atoms with E-state index in [0.717, 1.165) is 27.8 Å². The molecule has 2 aromatic heterocycles. The summed E-state index contributed by atoms with van der Waals surface area (Å²) in [4.78, 5) is 0. The molecule has 0 aliphatic carbocycles. The van der Waals surface area contributed by atoms with Crippen molar-refractivity contribution in [3.05, 3.63) is 36.2 Å². The Labute approximate surface area is 134 Å². The summed E-state index contributed by atoms with van der Waals surface area (Å²) in [5.74, 6) is 0. The van der Waals surface area contributed by atoms with E-state index in [9.17, 15) is 0 Å². The molecule has 0 aliphatic heterocycles. The Kier molecular flexibility index (Phi) is 4.95. The lowest BCUT2D eigenvalue weighted by atomic mass is 10.1. The van der Waals surface area contributed by atoms with Gasteiger partial charge in [-0.3, -0.25) is 4.68 Å². The molecule has 0 saturated heterocycles. The molecule has 2 heterocycles. The van der Waals surface area contributed by atoms with Crippen molar-refractivity contribution in [3.8, 4) is 0 Å². The lowest BCUT2D eigenvalue weighted by Crippen LogP contribution is -2.15. The third kappa shape index (κ3) is 3.16. The standard InChI is InChI=1S/C12H14BrCl2N3S/c1-3-8-11(13)9(18(2)17-8)5-7(16)6-4-10(14)19-12(6)15/h4,7H,3,5,16H2,1-2H3. The van der Waals surface area contributed by atoms with Crippen LogP contribution < -0.4 is 5.73 Å². The zero-order chi connectivity index (χ0) is 14.2. The molecule has 0 aliphatic rings. The van der Waals surface area contributed by atoms with Gasteiger partial charge in [0.1, 0.15) is 0 Å². The maximum Gasteiger partial charge on any atom is 0.0992 e. The Bertz CT molecular complexity index is 594. The minimum atomic E-state index is -0.187. The van der Waals surface area contributed by atoms with Crippen molar-refractivity contribution in [3.63, 3.8) is 0 Å². The number of aryl methyl sites for hydroxylation is 2. The van der Waals surface area contributed by atoms with Gasteiger partial charge in [0.15, 0.2) is 0 Å². The normalized spacial score (nSPS) is 12.9. The van der Waals surface area contributed by atoms with E-state index < -0.39 is 0 Å². The number of thiophene rings is 1. The Balaban J connectivity index is 2.26. The van der Waals surface area contributed by atoms with E-state index >= 15 is 0 Å². The Hall–Kier alpha value is -0.0700. The van der Waals surface area contributed by atoms with Gasteiger partial charge in [0.25, 0.3) is 0 Å². The SMILES string of the molecule is CCc1nn(C)c(CC(N)c2cc(Cl)sc2Cl)c1Br. The summed E-state index contributed by atoms with van der Waals surface area (Å²) in [5, 5.41) is 4.46. The molecule has 0 aromatic carbocycles. The predicted molar refractivity (Wildman–Crippen MR) is 85.3 cm³/mol. The zero-order valence-electron chi connectivity index (χ0n) is 10.6. The summed E-state index contributed by atoms with van der Waals surface area (Å²) in [6.45, 7) is 2.08. The van der Waals surface area contributed by atoms with Crippen molar-refractivity contribution in [1.29, 1.82) is 0 Å². The monoisotopic (exact) mass is 381 g/mol. The van der Waals surface area contributed by atoms with Gasteiger partial charge in [-0.15, -0.1) is 11.3 Å². The molecule has 1 atom stereocenters. The lowest BCUT2D eigenvalue weighted by Gasteiger charge is -2.11. The van der Waals surface area contributed by atoms with E-state index in [4.69, 9.17) is 28.9 Å². The Morgan fingerprint density at radius 1 is 1.53 bits per heavy atom. The van der Waals surface area contributed by atoms with Crippen molar-refractivity contribution in [2.45, 2.75) is 25.8 Å². The third-order valence-electron chi connectivity index (χ3n) is 3.00. The number of aromatic nitrogens is 2. The predicted octanol–water partition coefficient (Wildman–Crippen LogP) is 4.36. The first kappa shape index (κ1) is 15.3. The second-order valence-corrected chi connectivity index (χ2v) is 7.35. The summed E-state index contributed by atoms with van der Waals surface area (Å²) in [7, 11) is 1.92. The van der Waals surface area contributed by atoms with Gasteiger partial charge in [-0.25, -0.2) is 0 Å². The van der Waals surface area contributed by atoms with E-state index in [1.807, 2.05) is 17.8 Å². The highest BCUT2D eigenvalue weighted by molar-refractivity contribution is 9.10. The summed E-state index contributed by atoms with van der Waals surface area (Å²) in [6, 6.07) is 1.65. The second kappa shape index (κ2) is 6.14. The van der Waals surface area contributed by atoms with Crippen molar-refractivity contribution in [1.82, 2.24) is 9.78 Å². The van der Waals surface area contributed by atoms with Gasteiger partial charge >= 0.3 is 0 Å². The first-order chi connectivity index (χ1) is 8.93. The maximum absolute atomic E-state index is 6.23. The molecule has 0 fully saturated rings. The molecule has 1 unspecified atom stereocenters. The van der Waals surface area contributed by atoms with Crippen LogP contribution in [-0.4, -0.2) is 9.78 Å². The van der Waals surface area contributed by atoms with Crippen molar-refractivity contribution in [2.24, 2.45) is 12.8 Å². The van der Waals surface area contributed by atoms with Crippen LogP contribution in [0.1, 0.15) is 29.9 Å². The molecular formula is C12H14BrCl2N3S. The molecule has 0 bridgehead atoms. The van der Waals surface area contributed by atoms with E-state index in [0.29, 0.717) is 15.1 Å². The van der Waals surface area contributed by atoms with Crippen LogP contribution in [0.2, 0.25) is 8.67 Å². The molecule has 0 saturated carbocycles. The summed E-state index contributed by atoms with van der Waals surface area (Å²) >= 11 is 17.0. The van der Waals surface area contributed by atoms with Crippen LogP contribution in [0.4, 0.5) is 0 Å². The van der Waals surface area contributed by atoms with E-state index in [1.54, 1.807) is 0 Å². The van der Waals surface area contributed by atoms with Crippen LogP contribution >= 0.6 is 50.5 Å². The largest absolute Gasteiger partial charge is 0.324 e.